The lowest BCUT2D eigenvalue weighted by Gasteiger charge is -2.40. The Kier molecular flexibility index (Phi) is 5.23. The smallest absolute Gasteiger partial charge is 0.226 e. The highest BCUT2D eigenvalue weighted by molar-refractivity contribution is 5.82. The monoisotopic (exact) mass is 355 g/mol. The topological polar surface area (TPSA) is 53.5 Å². The maximum atomic E-state index is 13.2. The highest BCUT2D eigenvalue weighted by Gasteiger charge is 2.37. The van der Waals surface area contributed by atoms with Crippen molar-refractivity contribution in [2.24, 2.45) is 11.8 Å². The predicted molar refractivity (Wildman–Crippen MR) is 99.2 cm³/mol. The van der Waals surface area contributed by atoms with Crippen molar-refractivity contribution in [3.8, 4) is 0 Å². The van der Waals surface area contributed by atoms with Gasteiger partial charge in [0.15, 0.2) is 0 Å². The minimum Gasteiger partial charge on any atom is -0.342 e. The van der Waals surface area contributed by atoms with Crippen molar-refractivity contribution in [2.45, 2.75) is 57.4 Å². The molecule has 2 aliphatic heterocycles. The molecule has 3 heterocycles. The quantitative estimate of drug-likeness (QED) is 0.837. The van der Waals surface area contributed by atoms with Crippen LogP contribution in [0, 0.1) is 11.8 Å². The van der Waals surface area contributed by atoms with E-state index in [1.165, 1.54) is 6.42 Å². The van der Waals surface area contributed by atoms with Crippen LogP contribution in [-0.4, -0.2) is 46.2 Å². The van der Waals surface area contributed by atoms with Gasteiger partial charge in [0.25, 0.3) is 0 Å². The van der Waals surface area contributed by atoms with E-state index >= 15 is 0 Å². The Morgan fingerprint density at radius 3 is 2.27 bits per heavy atom. The third kappa shape index (κ3) is 3.49. The van der Waals surface area contributed by atoms with Gasteiger partial charge < -0.3 is 9.80 Å². The molecular formula is C21H29N3O2. The molecule has 0 N–H and O–H groups in total. The molecule has 0 bridgehead atoms. The first-order valence-corrected chi connectivity index (χ1v) is 10.2. The second-order valence-electron chi connectivity index (χ2n) is 8.03. The molecule has 0 aromatic carbocycles. The van der Waals surface area contributed by atoms with E-state index in [1.54, 1.807) is 0 Å². The van der Waals surface area contributed by atoms with Gasteiger partial charge in [-0.05, 0) is 57.1 Å². The van der Waals surface area contributed by atoms with Crippen molar-refractivity contribution in [3.63, 3.8) is 0 Å². The Bertz CT molecular complexity index is 636. The normalized spacial score (nSPS) is 25.0. The number of pyridine rings is 1. The van der Waals surface area contributed by atoms with Crippen LogP contribution < -0.4 is 0 Å². The van der Waals surface area contributed by atoms with E-state index in [0.29, 0.717) is 5.91 Å². The van der Waals surface area contributed by atoms with Crippen LogP contribution in [0.2, 0.25) is 0 Å². The first-order chi connectivity index (χ1) is 12.7. The molecule has 4 rings (SSSR count). The maximum Gasteiger partial charge on any atom is 0.226 e. The van der Waals surface area contributed by atoms with Crippen molar-refractivity contribution in [1.29, 1.82) is 0 Å². The molecule has 3 aliphatic rings. The number of hydrogen-bond acceptors (Lipinski definition) is 3. The average Bonchev–Trinajstić information content (AvgIpc) is 2.67. The van der Waals surface area contributed by atoms with E-state index < -0.39 is 0 Å². The summed E-state index contributed by atoms with van der Waals surface area (Å²) in [6, 6.07) is 6.08. The molecule has 0 spiro atoms. The second-order valence-corrected chi connectivity index (χ2v) is 8.03. The molecule has 1 aromatic rings. The van der Waals surface area contributed by atoms with Gasteiger partial charge in [0.1, 0.15) is 0 Å². The lowest BCUT2D eigenvalue weighted by Crippen LogP contribution is -2.48. The summed E-state index contributed by atoms with van der Waals surface area (Å²) in [4.78, 5) is 34.2. The Morgan fingerprint density at radius 1 is 0.846 bits per heavy atom. The third-order valence-electron chi connectivity index (χ3n) is 6.43. The number of hydrogen-bond donors (Lipinski definition) is 0. The molecule has 0 radical (unpaired) electrons. The standard InChI is InChI=1S/C21H29N3O2/c25-20(16-6-5-7-16)23-14-10-17(11-15-23)21(26)24-13-4-2-9-19(24)18-8-1-3-12-22-18/h1,3,8,12,16-17,19H,2,4-7,9-11,13-15H2/t19-/m0/s1. The number of amides is 2. The van der Waals surface area contributed by atoms with Gasteiger partial charge in [-0.15, -0.1) is 0 Å². The van der Waals surface area contributed by atoms with Crippen LogP contribution in [0.15, 0.2) is 24.4 Å². The summed E-state index contributed by atoms with van der Waals surface area (Å²) >= 11 is 0. The summed E-state index contributed by atoms with van der Waals surface area (Å²) < 4.78 is 0. The summed E-state index contributed by atoms with van der Waals surface area (Å²) in [6.45, 7) is 2.32. The van der Waals surface area contributed by atoms with Crippen molar-refractivity contribution in [1.82, 2.24) is 14.8 Å². The molecule has 3 fully saturated rings. The summed E-state index contributed by atoms with van der Waals surface area (Å²) in [7, 11) is 0. The van der Waals surface area contributed by atoms with Gasteiger partial charge in [-0.25, -0.2) is 0 Å². The minimum atomic E-state index is 0.0600. The lowest BCUT2D eigenvalue weighted by atomic mass is 9.83. The van der Waals surface area contributed by atoms with Crippen LogP contribution in [0.5, 0.6) is 0 Å². The molecule has 26 heavy (non-hydrogen) atoms. The Labute approximate surface area is 155 Å². The Hall–Kier alpha value is -1.91. The first kappa shape index (κ1) is 17.5. The number of nitrogens with zero attached hydrogens (tertiary/aromatic N) is 3. The minimum absolute atomic E-state index is 0.0600. The fraction of sp³-hybridized carbons (Fsp3) is 0.667. The molecule has 1 aromatic heterocycles. The number of carbonyl (C=O) groups excluding carboxylic acids is 2. The van der Waals surface area contributed by atoms with E-state index in [1.807, 2.05) is 29.3 Å². The molecular weight excluding hydrogens is 326 g/mol. The first-order valence-electron chi connectivity index (χ1n) is 10.2. The molecule has 1 atom stereocenters. The van der Waals surface area contributed by atoms with E-state index in [9.17, 15) is 9.59 Å². The van der Waals surface area contributed by atoms with Gasteiger partial charge in [-0.2, -0.15) is 0 Å². The number of likely N-dealkylation sites (tertiary alicyclic amines) is 2. The molecule has 5 heteroatoms. The van der Waals surface area contributed by atoms with E-state index in [0.717, 1.165) is 70.3 Å². The van der Waals surface area contributed by atoms with Crippen molar-refractivity contribution >= 4 is 11.8 Å². The molecule has 1 saturated carbocycles. The summed E-state index contributed by atoms with van der Waals surface area (Å²) in [5.74, 6) is 0.921. The molecule has 140 valence electrons. The zero-order chi connectivity index (χ0) is 17.9. The SMILES string of the molecule is O=C(C1CCC1)N1CCC(C(=O)N2CCCC[C@H]2c2ccccn2)CC1. The van der Waals surface area contributed by atoms with Crippen molar-refractivity contribution < 1.29 is 9.59 Å². The van der Waals surface area contributed by atoms with Gasteiger partial charge in [-0.1, -0.05) is 12.5 Å². The number of aromatic nitrogens is 1. The van der Waals surface area contributed by atoms with Crippen LogP contribution >= 0.6 is 0 Å². The summed E-state index contributed by atoms with van der Waals surface area (Å²) in [5.41, 5.74) is 1.01. The Morgan fingerprint density at radius 2 is 1.62 bits per heavy atom. The predicted octanol–water partition coefficient (Wildman–Crippen LogP) is 3.17. The van der Waals surface area contributed by atoms with Crippen molar-refractivity contribution in [2.75, 3.05) is 19.6 Å². The summed E-state index contributed by atoms with van der Waals surface area (Å²) in [6.07, 6.45) is 9.96. The van der Waals surface area contributed by atoms with Gasteiger partial charge in [0, 0.05) is 37.7 Å². The highest BCUT2D eigenvalue weighted by atomic mass is 16.2. The highest BCUT2D eigenvalue weighted by Crippen LogP contribution is 2.34. The van der Waals surface area contributed by atoms with Crippen LogP contribution in [-0.2, 0) is 9.59 Å². The molecule has 2 amide bonds. The number of rotatable bonds is 3. The zero-order valence-corrected chi connectivity index (χ0v) is 15.5. The van der Waals surface area contributed by atoms with Crippen molar-refractivity contribution in [3.05, 3.63) is 30.1 Å². The Balaban J connectivity index is 1.38. The van der Waals surface area contributed by atoms with E-state index in [2.05, 4.69) is 9.88 Å². The third-order valence-corrected chi connectivity index (χ3v) is 6.43. The fourth-order valence-electron chi connectivity index (χ4n) is 4.57. The van der Waals surface area contributed by atoms with Crippen LogP contribution in [0.3, 0.4) is 0 Å². The number of carbonyl (C=O) groups is 2. The second kappa shape index (κ2) is 7.77. The largest absolute Gasteiger partial charge is 0.342 e. The fourth-order valence-corrected chi connectivity index (χ4v) is 4.57. The van der Waals surface area contributed by atoms with E-state index in [4.69, 9.17) is 0 Å². The molecule has 5 nitrogen and oxygen atoms in total. The molecule has 1 aliphatic carbocycles. The summed E-state index contributed by atoms with van der Waals surface area (Å²) in [5, 5.41) is 0. The van der Waals surface area contributed by atoms with Crippen LogP contribution in [0.25, 0.3) is 0 Å². The van der Waals surface area contributed by atoms with Gasteiger partial charge in [0.2, 0.25) is 11.8 Å². The average molecular weight is 355 g/mol. The van der Waals surface area contributed by atoms with Crippen LogP contribution in [0.4, 0.5) is 0 Å². The lowest BCUT2D eigenvalue weighted by molar-refractivity contribution is -0.146. The zero-order valence-electron chi connectivity index (χ0n) is 15.5. The van der Waals surface area contributed by atoms with Crippen LogP contribution in [0.1, 0.15) is 63.1 Å². The van der Waals surface area contributed by atoms with E-state index in [-0.39, 0.29) is 23.8 Å². The van der Waals surface area contributed by atoms with Gasteiger partial charge in [0.05, 0.1) is 11.7 Å². The number of piperidine rings is 2. The molecule has 2 saturated heterocycles. The van der Waals surface area contributed by atoms with Gasteiger partial charge >= 0.3 is 0 Å². The van der Waals surface area contributed by atoms with Gasteiger partial charge in [-0.3, -0.25) is 14.6 Å². The maximum absolute atomic E-state index is 13.2. The molecule has 0 unspecified atom stereocenters.